The number of rotatable bonds is 4. The van der Waals surface area contributed by atoms with Crippen LogP contribution in [0, 0.1) is 25.7 Å². The van der Waals surface area contributed by atoms with Crippen LogP contribution in [0.4, 0.5) is 0 Å². The average Bonchev–Trinajstić information content (AvgIpc) is 2.78. The van der Waals surface area contributed by atoms with E-state index in [1.165, 1.54) is 6.42 Å². The van der Waals surface area contributed by atoms with Crippen LogP contribution in [0.25, 0.3) is 0 Å². The number of aromatic nitrogens is 1. The molecule has 1 aromatic rings. The van der Waals surface area contributed by atoms with Crippen LogP contribution in [0.1, 0.15) is 42.7 Å². The Balaban J connectivity index is 2.04. The molecule has 0 radical (unpaired) electrons. The first-order valence-corrected chi connectivity index (χ1v) is 7.41. The van der Waals surface area contributed by atoms with E-state index in [2.05, 4.69) is 5.16 Å². The Morgan fingerprint density at radius 2 is 2.10 bits per heavy atom. The molecule has 0 saturated heterocycles. The van der Waals surface area contributed by atoms with E-state index in [1.807, 2.05) is 20.9 Å². The predicted molar refractivity (Wildman–Crippen MR) is 77.0 cm³/mol. The molecule has 1 aliphatic carbocycles. The molecule has 1 heterocycles. The largest absolute Gasteiger partial charge is 0.361 e. The van der Waals surface area contributed by atoms with Crippen molar-refractivity contribution in [2.75, 3.05) is 13.6 Å². The molecule has 0 aromatic carbocycles. The van der Waals surface area contributed by atoms with Crippen molar-refractivity contribution in [3.63, 3.8) is 0 Å². The zero-order valence-electron chi connectivity index (χ0n) is 12.7. The summed E-state index contributed by atoms with van der Waals surface area (Å²) in [5.41, 5.74) is 7.70. The smallest absolute Gasteiger partial charge is 0.226 e. The van der Waals surface area contributed by atoms with Crippen molar-refractivity contribution < 1.29 is 9.32 Å². The number of hydrogen-bond acceptors (Lipinski definition) is 4. The lowest BCUT2D eigenvalue weighted by Gasteiger charge is -2.32. The maximum Gasteiger partial charge on any atom is 0.226 e. The van der Waals surface area contributed by atoms with Gasteiger partial charge in [-0.1, -0.05) is 18.0 Å². The zero-order valence-corrected chi connectivity index (χ0v) is 12.7. The fourth-order valence-electron chi connectivity index (χ4n) is 3.14. The van der Waals surface area contributed by atoms with Crippen molar-refractivity contribution in [1.82, 2.24) is 10.1 Å². The second-order valence-corrected chi connectivity index (χ2v) is 5.88. The van der Waals surface area contributed by atoms with Crippen molar-refractivity contribution in [2.45, 2.75) is 46.1 Å². The normalized spacial score (nSPS) is 22.8. The SMILES string of the molecule is Cc1noc(C)c1CN(C)C(=O)C1CCCCC1CN. The van der Waals surface area contributed by atoms with Crippen LogP contribution < -0.4 is 5.73 Å². The summed E-state index contributed by atoms with van der Waals surface area (Å²) in [4.78, 5) is 14.4. The highest BCUT2D eigenvalue weighted by Crippen LogP contribution is 2.31. The molecule has 1 aliphatic rings. The standard InChI is InChI=1S/C15H25N3O2/c1-10-14(11(2)20-17-10)9-18(3)15(19)13-7-5-4-6-12(13)8-16/h12-13H,4-9,16H2,1-3H3. The van der Waals surface area contributed by atoms with Crippen molar-refractivity contribution >= 4 is 5.91 Å². The topological polar surface area (TPSA) is 72.4 Å². The van der Waals surface area contributed by atoms with Crippen molar-refractivity contribution in [2.24, 2.45) is 17.6 Å². The number of nitrogens with two attached hydrogens (primary N) is 1. The summed E-state index contributed by atoms with van der Waals surface area (Å²) in [6.45, 7) is 4.97. The molecular formula is C15H25N3O2. The van der Waals surface area contributed by atoms with Crippen molar-refractivity contribution in [3.05, 3.63) is 17.0 Å². The molecule has 5 heteroatoms. The molecular weight excluding hydrogens is 254 g/mol. The predicted octanol–water partition coefficient (Wildman–Crippen LogP) is 2.01. The van der Waals surface area contributed by atoms with Gasteiger partial charge in [0.15, 0.2) is 0 Å². The molecule has 0 spiro atoms. The summed E-state index contributed by atoms with van der Waals surface area (Å²) in [7, 11) is 1.86. The van der Waals surface area contributed by atoms with Crippen LogP contribution in [0.15, 0.2) is 4.52 Å². The highest BCUT2D eigenvalue weighted by atomic mass is 16.5. The molecule has 0 bridgehead atoms. The van der Waals surface area contributed by atoms with Gasteiger partial charge in [-0.15, -0.1) is 0 Å². The number of amides is 1. The number of hydrogen-bond donors (Lipinski definition) is 1. The van der Waals surface area contributed by atoms with Gasteiger partial charge in [-0.05, 0) is 39.2 Å². The van der Waals surface area contributed by atoms with Crippen molar-refractivity contribution in [3.8, 4) is 0 Å². The molecule has 112 valence electrons. The minimum atomic E-state index is 0.0826. The minimum Gasteiger partial charge on any atom is -0.361 e. The van der Waals surface area contributed by atoms with Gasteiger partial charge in [-0.3, -0.25) is 4.79 Å². The summed E-state index contributed by atoms with van der Waals surface area (Å²) in [6, 6.07) is 0. The third-order valence-corrected chi connectivity index (χ3v) is 4.48. The third-order valence-electron chi connectivity index (χ3n) is 4.48. The monoisotopic (exact) mass is 279 g/mol. The van der Waals surface area contributed by atoms with Gasteiger partial charge in [0.2, 0.25) is 5.91 Å². The van der Waals surface area contributed by atoms with Gasteiger partial charge in [-0.2, -0.15) is 0 Å². The fraction of sp³-hybridized carbons (Fsp3) is 0.733. The van der Waals surface area contributed by atoms with E-state index in [9.17, 15) is 4.79 Å². The van der Waals surface area contributed by atoms with E-state index in [0.717, 1.165) is 36.3 Å². The Labute approximate surface area is 120 Å². The van der Waals surface area contributed by atoms with Gasteiger partial charge in [0.05, 0.1) is 12.2 Å². The quantitative estimate of drug-likeness (QED) is 0.915. The molecule has 0 aliphatic heterocycles. The summed E-state index contributed by atoms with van der Waals surface area (Å²) < 4.78 is 5.16. The summed E-state index contributed by atoms with van der Waals surface area (Å²) in [5, 5.41) is 3.94. The van der Waals surface area contributed by atoms with Crippen LogP contribution in [-0.4, -0.2) is 29.6 Å². The Kier molecular flexibility index (Phi) is 4.81. The van der Waals surface area contributed by atoms with Gasteiger partial charge in [0, 0.05) is 18.5 Å². The summed E-state index contributed by atoms with van der Waals surface area (Å²) >= 11 is 0. The van der Waals surface area contributed by atoms with Gasteiger partial charge >= 0.3 is 0 Å². The lowest BCUT2D eigenvalue weighted by molar-refractivity contribution is -0.137. The van der Waals surface area contributed by atoms with Gasteiger partial charge < -0.3 is 15.2 Å². The zero-order chi connectivity index (χ0) is 14.7. The molecule has 1 aromatic heterocycles. The highest BCUT2D eigenvalue weighted by molar-refractivity contribution is 5.79. The number of nitrogens with zero attached hydrogens (tertiary/aromatic N) is 2. The maximum atomic E-state index is 12.6. The lowest BCUT2D eigenvalue weighted by atomic mass is 9.78. The fourth-order valence-corrected chi connectivity index (χ4v) is 3.14. The van der Waals surface area contributed by atoms with E-state index >= 15 is 0 Å². The average molecular weight is 279 g/mol. The summed E-state index contributed by atoms with van der Waals surface area (Å²) in [6.07, 6.45) is 4.37. The molecule has 1 fully saturated rings. The van der Waals surface area contributed by atoms with Crippen LogP contribution >= 0.6 is 0 Å². The third kappa shape index (κ3) is 3.03. The van der Waals surface area contributed by atoms with Gasteiger partial charge in [0.1, 0.15) is 5.76 Å². The first-order valence-electron chi connectivity index (χ1n) is 7.41. The molecule has 2 rings (SSSR count). The lowest BCUT2D eigenvalue weighted by Crippen LogP contribution is -2.40. The van der Waals surface area contributed by atoms with E-state index < -0.39 is 0 Å². The van der Waals surface area contributed by atoms with Crippen LogP contribution in [0.2, 0.25) is 0 Å². The van der Waals surface area contributed by atoms with E-state index in [1.54, 1.807) is 4.90 Å². The first kappa shape index (κ1) is 15.0. The Morgan fingerprint density at radius 1 is 1.40 bits per heavy atom. The number of aryl methyl sites for hydroxylation is 2. The number of carbonyl (C=O) groups excluding carboxylic acids is 1. The second kappa shape index (κ2) is 6.39. The Hall–Kier alpha value is -1.36. The molecule has 2 unspecified atom stereocenters. The minimum absolute atomic E-state index is 0.0826. The van der Waals surface area contributed by atoms with Crippen LogP contribution in [0.5, 0.6) is 0 Å². The van der Waals surface area contributed by atoms with Crippen LogP contribution in [-0.2, 0) is 11.3 Å². The molecule has 2 N–H and O–H groups in total. The Bertz CT molecular complexity index is 450. The molecule has 1 saturated carbocycles. The van der Waals surface area contributed by atoms with Crippen LogP contribution in [0.3, 0.4) is 0 Å². The van der Waals surface area contributed by atoms with E-state index in [0.29, 0.717) is 19.0 Å². The first-order chi connectivity index (χ1) is 9.54. The summed E-state index contributed by atoms with van der Waals surface area (Å²) in [5.74, 6) is 1.42. The maximum absolute atomic E-state index is 12.6. The van der Waals surface area contributed by atoms with E-state index in [-0.39, 0.29) is 11.8 Å². The number of carbonyl (C=O) groups is 1. The molecule has 5 nitrogen and oxygen atoms in total. The Morgan fingerprint density at radius 3 is 2.70 bits per heavy atom. The molecule has 1 amide bonds. The highest BCUT2D eigenvalue weighted by Gasteiger charge is 2.32. The van der Waals surface area contributed by atoms with Crippen molar-refractivity contribution in [1.29, 1.82) is 0 Å². The van der Waals surface area contributed by atoms with Gasteiger partial charge in [-0.25, -0.2) is 0 Å². The molecule has 20 heavy (non-hydrogen) atoms. The molecule has 2 atom stereocenters. The second-order valence-electron chi connectivity index (χ2n) is 5.88. The van der Waals surface area contributed by atoms with E-state index in [4.69, 9.17) is 10.3 Å². The van der Waals surface area contributed by atoms with Gasteiger partial charge in [0.25, 0.3) is 0 Å².